The zero-order valence-electron chi connectivity index (χ0n) is 17.9. The Morgan fingerprint density at radius 1 is 1.03 bits per heavy atom. The summed E-state index contributed by atoms with van der Waals surface area (Å²) in [6.07, 6.45) is 0.715. The van der Waals surface area contributed by atoms with Crippen molar-refractivity contribution in [3.8, 4) is 0 Å². The Morgan fingerprint density at radius 3 is 2.19 bits per heavy atom. The van der Waals surface area contributed by atoms with Gasteiger partial charge in [0.1, 0.15) is 5.60 Å². The minimum atomic E-state index is -3.82. The summed E-state index contributed by atoms with van der Waals surface area (Å²) in [7, 11) is -3.82. The van der Waals surface area contributed by atoms with Crippen LogP contribution in [0.5, 0.6) is 0 Å². The number of amides is 2. The number of ether oxygens (including phenoxy) is 1. The van der Waals surface area contributed by atoms with Crippen LogP contribution in [-0.2, 0) is 14.8 Å². The third kappa shape index (κ3) is 8.39. The van der Waals surface area contributed by atoms with Crippen LogP contribution in [0, 0.1) is 0 Å². The van der Waals surface area contributed by atoms with E-state index in [4.69, 9.17) is 9.88 Å². The SMILES string of the molecule is CC(C)(C)OC(=O)NCCC[C@H](NC(=O)c1ccc(S(N)(=O)=O)cc1)c1ccccc1. The van der Waals surface area contributed by atoms with Gasteiger partial charge in [0.2, 0.25) is 10.0 Å². The summed E-state index contributed by atoms with van der Waals surface area (Å²) in [4.78, 5) is 24.4. The van der Waals surface area contributed by atoms with Crippen molar-refractivity contribution in [1.29, 1.82) is 0 Å². The predicted octanol–water partition coefficient (Wildman–Crippen LogP) is 3.11. The molecule has 8 nitrogen and oxygen atoms in total. The molecule has 168 valence electrons. The Balaban J connectivity index is 2.00. The van der Waals surface area contributed by atoms with Crippen LogP contribution in [0.3, 0.4) is 0 Å². The first-order chi connectivity index (χ1) is 14.5. The smallest absolute Gasteiger partial charge is 0.407 e. The van der Waals surface area contributed by atoms with E-state index in [1.54, 1.807) is 20.8 Å². The lowest BCUT2D eigenvalue weighted by Crippen LogP contribution is -2.33. The molecule has 0 bridgehead atoms. The molecular weight excluding hydrogens is 418 g/mol. The van der Waals surface area contributed by atoms with Gasteiger partial charge in [-0.1, -0.05) is 30.3 Å². The monoisotopic (exact) mass is 447 g/mol. The second-order valence-corrected chi connectivity index (χ2v) is 9.64. The number of primary sulfonamides is 1. The molecule has 2 aromatic rings. The second-order valence-electron chi connectivity index (χ2n) is 8.08. The van der Waals surface area contributed by atoms with E-state index in [2.05, 4.69) is 10.6 Å². The maximum absolute atomic E-state index is 12.7. The molecule has 2 amide bonds. The number of nitrogens with one attached hydrogen (secondary N) is 2. The lowest BCUT2D eigenvalue weighted by atomic mass is 10.0. The topological polar surface area (TPSA) is 128 Å². The highest BCUT2D eigenvalue weighted by Crippen LogP contribution is 2.19. The lowest BCUT2D eigenvalue weighted by molar-refractivity contribution is 0.0526. The number of alkyl carbamates (subject to hydrolysis) is 1. The quantitative estimate of drug-likeness (QED) is 0.536. The molecule has 0 aliphatic carbocycles. The molecule has 0 aromatic heterocycles. The molecule has 4 N–H and O–H groups in total. The van der Waals surface area contributed by atoms with Crippen LogP contribution in [0.2, 0.25) is 0 Å². The van der Waals surface area contributed by atoms with Crippen molar-refractivity contribution >= 4 is 22.0 Å². The molecule has 2 rings (SSSR count). The molecule has 0 fully saturated rings. The molecule has 0 spiro atoms. The first-order valence-corrected chi connectivity index (χ1v) is 11.5. The largest absolute Gasteiger partial charge is 0.444 e. The average Bonchev–Trinajstić information content (AvgIpc) is 2.69. The van der Waals surface area contributed by atoms with Crippen molar-refractivity contribution in [2.24, 2.45) is 5.14 Å². The van der Waals surface area contributed by atoms with E-state index in [-0.39, 0.29) is 16.8 Å². The minimum absolute atomic E-state index is 0.0584. The van der Waals surface area contributed by atoms with Gasteiger partial charge in [-0.2, -0.15) is 0 Å². The van der Waals surface area contributed by atoms with E-state index in [9.17, 15) is 18.0 Å². The van der Waals surface area contributed by atoms with Crippen LogP contribution in [0.1, 0.15) is 55.6 Å². The third-order valence-corrected chi connectivity index (χ3v) is 5.22. The van der Waals surface area contributed by atoms with Crippen LogP contribution in [-0.4, -0.2) is 32.6 Å². The molecule has 31 heavy (non-hydrogen) atoms. The number of hydrogen-bond donors (Lipinski definition) is 3. The highest BCUT2D eigenvalue weighted by Gasteiger charge is 2.18. The number of sulfonamides is 1. The second kappa shape index (κ2) is 10.4. The Bertz CT molecular complexity index is 984. The number of carbonyl (C=O) groups excluding carboxylic acids is 2. The summed E-state index contributed by atoms with van der Waals surface area (Å²) in [5.41, 5.74) is 0.679. The predicted molar refractivity (Wildman–Crippen MR) is 118 cm³/mol. The van der Waals surface area contributed by atoms with Gasteiger partial charge in [-0.05, 0) is 63.4 Å². The van der Waals surface area contributed by atoms with Crippen molar-refractivity contribution in [2.45, 2.75) is 50.2 Å². The Hall–Kier alpha value is -2.91. The van der Waals surface area contributed by atoms with Crippen molar-refractivity contribution in [1.82, 2.24) is 10.6 Å². The molecule has 0 saturated carbocycles. The normalized spacial score (nSPS) is 12.6. The number of benzene rings is 2. The van der Waals surface area contributed by atoms with Crippen molar-refractivity contribution in [3.63, 3.8) is 0 Å². The molecule has 0 heterocycles. The molecule has 2 aromatic carbocycles. The third-order valence-electron chi connectivity index (χ3n) is 4.29. The van der Waals surface area contributed by atoms with Crippen molar-refractivity contribution in [3.05, 3.63) is 65.7 Å². The first kappa shape index (κ1) is 24.4. The number of rotatable bonds is 8. The molecular formula is C22H29N3O5S. The Morgan fingerprint density at radius 2 is 1.65 bits per heavy atom. The van der Waals surface area contributed by atoms with E-state index in [0.717, 1.165) is 5.56 Å². The van der Waals surface area contributed by atoms with Gasteiger partial charge < -0.3 is 15.4 Å². The van der Waals surface area contributed by atoms with E-state index in [0.29, 0.717) is 24.9 Å². The van der Waals surface area contributed by atoms with Gasteiger partial charge in [0, 0.05) is 12.1 Å². The summed E-state index contributed by atoms with van der Waals surface area (Å²) in [5.74, 6) is -0.338. The maximum Gasteiger partial charge on any atom is 0.407 e. The molecule has 0 aliphatic rings. The van der Waals surface area contributed by atoms with E-state index >= 15 is 0 Å². The van der Waals surface area contributed by atoms with Crippen LogP contribution in [0.4, 0.5) is 4.79 Å². The van der Waals surface area contributed by atoms with E-state index in [1.807, 2.05) is 30.3 Å². The first-order valence-electron chi connectivity index (χ1n) is 9.91. The van der Waals surface area contributed by atoms with Gasteiger partial charge in [0.05, 0.1) is 10.9 Å². The maximum atomic E-state index is 12.7. The van der Waals surface area contributed by atoms with Crippen molar-refractivity contribution in [2.75, 3.05) is 6.54 Å². The minimum Gasteiger partial charge on any atom is -0.444 e. The molecule has 0 radical (unpaired) electrons. The summed E-state index contributed by atoms with van der Waals surface area (Å²) in [6.45, 7) is 5.78. The summed E-state index contributed by atoms with van der Waals surface area (Å²) < 4.78 is 28.0. The van der Waals surface area contributed by atoms with Gasteiger partial charge in [0.25, 0.3) is 5.91 Å². The number of carbonyl (C=O) groups is 2. The van der Waals surface area contributed by atoms with Gasteiger partial charge in [-0.3, -0.25) is 4.79 Å². The van der Waals surface area contributed by atoms with Gasteiger partial charge >= 0.3 is 6.09 Å². The van der Waals surface area contributed by atoms with Crippen LogP contribution >= 0.6 is 0 Å². The van der Waals surface area contributed by atoms with Crippen molar-refractivity contribution < 1.29 is 22.7 Å². The van der Waals surface area contributed by atoms with Crippen LogP contribution in [0.15, 0.2) is 59.5 Å². The summed E-state index contributed by atoms with van der Waals surface area (Å²) in [6, 6.07) is 14.6. The van der Waals surface area contributed by atoms with Crippen LogP contribution in [0.25, 0.3) is 0 Å². The highest BCUT2D eigenvalue weighted by molar-refractivity contribution is 7.89. The lowest BCUT2D eigenvalue weighted by Gasteiger charge is -2.21. The van der Waals surface area contributed by atoms with Gasteiger partial charge in [-0.25, -0.2) is 18.4 Å². The van der Waals surface area contributed by atoms with Gasteiger partial charge in [-0.15, -0.1) is 0 Å². The Labute approximate surface area is 183 Å². The number of nitrogens with two attached hydrogens (primary N) is 1. The molecule has 9 heteroatoms. The molecule has 1 atom stereocenters. The number of hydrogen-bond acceptors (Lipinski definition) is 5. The molecule has 0 unspecified atom stereocenters. The zero-order valence-corrected chi connectivity index (χ0v) is 18.7. The molecule has 0 saturated heterocycles. The summed E-state index contributed by atoms with van der Waals surface area (Å²) >= 11 is 0. The van der Waals surface area contributed by atoms with E-state index < -0.39 is 21.7 Å². The Kier molecular flexibility index (Phi) is 8.18. The zero-order chi connectivity index (χ0) is 23.1. The fourth-order valence-corrected chi connectivity index (χ4v) is 3.37. The van der Waals surface area contributed by atoms with E-state index in [1.165, 1.54) is 24.3 Å². The average molecular weight is 448 g/mol. The molecule has 0 aliphatic heterocycles. The standard InChI is InChI=1S/C22H29N3O5S/c1-22(2,3)30-21(27)24-15-7-10-19(16-8-5-4-6-9-16)25-20(26)17-11-13-18(14-12-17)31(23,28)29/h4-6,8-9,11-14,19H,7,10,15H2,1-3H3,(H,24,27)(H,25,26)(H2,23,28,29)/t19-/m0/s1. The fourth-order valence-electron chi connectivity index (χ4n) is 2.86. The summed E-state index contributed by atoms with van der Waals surface area (Å²) in [5, 5.41) is 10.8. The van der Waals surface area contributed by atoms with Gasteiger partial charge in [0.15, 0.2) is 0 Å². The highest BCUT2D eigenvalue weighted by atomic mass is 32.2. The fraction of sp³-hybridized carbons (Fsp3) is 0.364. The van der Waals surface area contributed by atoms with Crippen LogP contribution < -0.4 is 15.8 Å².